The summed E-state index contributed by atoms with van der Waals surface area (Å²) in [5.41, 5.74) is 17.9. The minimum absolute atomic E-state index is 0.0832. The number of anilines is 1. The highest BCUT2D eigenvalue weighted by Crippen LogP contribution is 2.36. The summed E-state index contributed by atoms with van der Waals surface area (Å²) in [6.07, 6.45) is 5.07. The van der Waals surface area contributed by atoms with Crippen molar-refractivity contribution in [3.05, 3.63) is 100 Å². The first-order chi connectivity index (χ1) is 20.9. The topological polar surface area (TPSA) is 165 Å². The highest BCUT2D eigenvalue weighted by atomic mass is 19.1. The number of carbonyl (C=O) groups excluding carboxylic acids is 2. The number of rotatable bonds is 8. The predicted molar refractivity (Wildman–Crippen MR) is 163 cm³/mol. The Balaban J connectivity index is 1.75. The van der Waals surface area contributed by atoms with Gasteiger partial charge < -0.3 is 21.8 Å². The monoisotopic (exact) mass is 597 g/mol. The zero-order valence-corrected chi connectivity index (χ0v) is 24.1. The highest BCUT2D eigenvalue weighted by Gasteiger charge is 2.30. The van der Waals surface area contributed by atoms with Gasteiger partial charge in [-0.1, -0.05) is 24.3 Å². The van der Waals surface area contributed by atoms with Gasteiger partial charge in [0.05, 0.1) is 17.5 Å². The fraction of sp³-hybridized carbons (Fsp3) is 0.156. The molecule has 0 unspecified atom stereocenters. The number of benzene rings is 2. The molecule has 0 atom stereocenters. The van der Waals surface area contributed by atoms with E-state index in [1.54, 1.807) is 37.0 Å². The van der Waals surface area contributed by atoms with Crippen LogP contribution in [0, 0.1) is 11.6 Å². The van der Waals surface area contributed by atoms with E-state index in [9.17, 15) is 18.8 Å². The van der Waals surface area contributed by atoms with Crippen LogP contribution in [0.15, 0.2) is 71.9 Å². The highest BCUT2D eigenvalue weighted by molar-refractivity contribution is 6.05. The minimum atomic E-state index is -1.10. The fourth-order valence-electron chi connectivity index (χ4n) is 5.26. The SMILES string of the molecule is CCn1cc(-c2cnc(N)c(-c3ccc(-c4c(C(N)=O)c(=O)c(-c5ccc(F)cc5)c(C(N)=O)n4C(C)C)cc3F)c2)cn1. The van der Waals surface area contributed by atoms with E-state index in [4.69, 9.17) is 17.2 Å². The second-order valence-corrected chi connectivity index (χ2v) is 10.4. The number of carbonyl (C=O) groups is 2. The molecule has 0 fully saturated rings. The molecule has 6 N–H and O–H groups in total. The average molecular weight is 598 g/mol. The molecule has 2 amide bonds. The van der Waals surface area contributed by atoms with Gasteiger partial charge in [0.2, 0.25) is 5.43 Å². The number of nitrogens with zero attached hydrogens (tertiary/aromatic N) is 4. The molecule has 3 aromatic heterocycles. The van der Waals surface area contributed by atoms with Crippen LogP contribution in [0.3, 0.4) is 0 Å². The zero-order valence-electron chi connectivity index (χ0n) is 24.1. The number of hydrogen-bond acceptors (Lipinski definition) is 6. The zero-order chi connectivity index (χ0) is 31.9. The van der Waals surface area contributed by atoms with Gasteiger partial charge >= 0.3 is 0 Å². The van der Waals surface area contributed by atoms with Crippen molar-refractivity contribution in [3.8, 4) is 44.6 Å². The van der Waals surface area contributed by atoms with E-state index in [1.165, 1.54) is 28.8 Å². The Labute approximate surface area is 250 Å². The lowest BCUT2D eigenvalue weighted by Gasteiger charge is -2.25. The van der Waals surface area contributed by atoms with Gasteiger partial charge in [-0.2, -0.15) is 5.10 Å². The number of amides is 2. The van der Waals surface area contributed by atoms with Crippen molar-refractivity contribution in [2.24, 2.45) is 11.5 Å². The van der Waals surface area contributed by atoms with E-state index in [-0.39, 0.29) is 39.5 Å². The van der Waals surface area contributed by atoms with Crippen LogP contribution < -0.4 is 22.6 Å². The molecular formula is C32H29F2N7O3. The summed E-state index contributed by atoms with van der Waals surface area (Å²) in [7, 11) is 0. The van der Waals surface area contributed by atoms with E-state index in [0.717, 1.165) is 23.8 Å². The van der Waals surface area contributed by atoms with Crippen LogP contribution in [0.4, 0.5) is 14.6 Å². The Hall–Kier alpha value is -5.65. The first kappa shape index (κ1) is 29.8. The van der Waals surface area contributed by atoms with Crippen LogP contribution in [-0.4, -0.2) is 31.1 Å². The number of pyridine rings is 2. The van der Waals surface area contributed by atoms with Crippen molar-refractivity contribution in [3.63, 3.8) is 0 Å². The molecule has 224 valence electrons. The molecule has 10 nitrogen and oxygen atoms in total. The molecule has 0 radical (unpaired) electrons. The third kappa shape index (κ3) is 5.21. The van der Waals surface area contributed by atoms with E-state index < -0.39 is 40.5 Å². The Morgan fingerprint density at radius 2 is 1.57 bits per heavy atom. The molecule has 0 spiro atoms. The quantitative estimate of drug-likeness (QED) is 0.233. The normalized spacial score (nSPS) is 11.2. The van der Waals surface area contributed by atoms with Crippen LogP contribution in [-0.2, 0) is 6.54 Å². The van der Waals surface area contributed by atoms with E-state index >= 15 is 4.39 Å². The molecule has 0 saturated heterocycles. The Bertz CT molecular complexity index is 2000. The standard InChI is InChI=1S/C32H29F2N7O3/c1-4-40-15-20(14-39-40)19-11-23(30(35)38-13-19)22-10-7-18(12-24(22)34)27-26(31(36)43)29(42)25(17-5-8-21(33)9-6-17)28(32(37)44)41(27)16(2)3/h5-16H,4H2,1-3H3,(H2,35,38)(H2,36,43)(H2,37,44). The maximum Gasteiger partial charge on any atom is 0.266 e. The number of aromatic nitrogens is 4. The van der Waals surface area contributed by atoms with Crippen LogP contribution in [0.1, 0.15) is 47.7 Å². The van der Waals surface area contributed by atoms with Gasteiger partial charge in [0.1, 0.15) is 28.7 Å². The van der Waals surface area contributed by atoms with Crippen molar-refractivity contribution >= 4 is 17.6 Å². The van der Waals surface area contributed by atoms with E-state index in [2.05, 4.69) is 10.1 Å². The maximum absolute atomic E-state index is 16.0. The second kappa shape index (κ2) is 11.6. The largest absolute Gasteiger partial charge is 0.383 e. The lowest BCUT2D eigenvalue weighted by molar-refractivity contribution is 0.0979. The summed E-state index contributed by atoms with van der Waals surface area (Å²) in [5.74, 6) is -3.31. The first-order valence-electron chi connectivity index (χ1n) is 13.7. The van der Waals surface area contributed by atoms with Crippen molar-refractivity contribution in [2.75, 3.05) is 5.73 Å². The summed E-state index contributed by atoms with van der Waals surface area (Å²) in [6, 6.07) is 9.99. The van der Waals surface area contributed by atoms with E-state index in [1.807, 2.05) is 13.1 Å². The van der Waals surface area contributed by atoms with Gasteiger partial charge in [-0.25, -0.2) is 13.8 Å². The lowest BCUT2D eigenvalue weighted by atomic mass is 9.93. The molecule has 3 heterocycles. The fourth-order valence-corrected chi connectivity index (χ4v) is 5.26. The molecule has 12 heteroatoms. The van der Waals surface area contributed by atoms with Gasteiger partial charge in [0.25, 0.3) is 11.8 Å². The second-order valence-electron chi connectivity index (χ2n) is 10.4. The Morgan fingerprint density at radius 1 is 0.886 bits per heavy atom. The molecule has 2 aromatic carbocycles. The van der Waals surface area contributed by atoms with Gasteiger partial charge in [0.15, 0.2) is 0 Å². The molecule has 0 bridgehead atoms. The molecule has 5 rings (SSSR count). The van der Waals surface area contributed by atoms with Gasteiger partial charge in [-0.15, -0.1) is 0 Å². The Kier molecular flexibility index (Phi) is 7.83. The smallest absolute Gasteiger partial charge is 0.266 e. The van der Waals surface area contributed by atoms with Crippen LogP contribution in [0.2, 0.25) is 0 Å². The van der Waals surface area contributed by atoms with Gasteiger partial charge in [-0.05, 0) is 50.6 Å². The summed E-state index contributed by atoms with van der Waals surface area (Å²) in [5, 5.41) is 4.27. The minimum Gasteiger partial charge on any atom is -0.383 e. The molecular weight excluding hydrogens is 568 g/mol. The third-order valence-corrected chi connectivity index (χ3v) is 7.28. The number of aryl methyl sites for hydroxylation is 1. The van der Waals surface area contributed by atoms with Crippen LogP contribution in [0.5, 0.6) is 0 Å². The molecule has 0 aliphatic carbocycles. The summed E-state index contributed by atoms with van der Waals surface area (Å²) >= 11 is 0. The number of nitrogens with two attached hydrogens (primary N) is 3. The molecule has 0 aliphatic heterocycles. The number of nitrogen functional groups attached to an aromatic ring is 1. The molecule has 0 saturated carbocycles. The predicted octanol–water partition coefficient (Wildman–Crippen LogP) is 4.77. The Morgan fingerprint density at radius 3 is 2.14 bits per heavy atom. The molecule has 5 aromatic rings. The van der Waals surface area contributed by atoms with Crippen molar-refractivity contribution < 1.29 is 18.4 Å². The summed E-state index contributed by atoms with van der Waals surface area (Å²) in [6.45, 7) is 6.01. The van der Waals surface area contributed by atoms with Crippen LogP contribution >= 0.6 is 0 Å². The molecule has 0 aliphatic rings. The third-order valence-electron chi connectivity index (χ3n) is 7.28. The number of hydrogen-bond donors (Lipinski definition) is 3. The van der Waals surface area contributed by atoms with Gasteiger partial charge in [0, 0.05) is 52.8 Å². The lowest BCUT2D eigenvalue weighted by Crippen LogP contribution is -2.33. The first-order valence-corrected chi connectivity index (χ1v) is 13.7. The number of halogens is 2. The van der Waals surface area contributed by atoms with Gasteiger partial charge in [-0.3, -0.25) is 19.1 Å². The molecule has 44 heavy (non-hydrogen) atoms. The van der Waals surface area contributed by atoms with Crippen LogP contribution in [0.25, 0.3) is 44.6 Å². The average Bonchev–Trinajstić information content (AvgIpc) is 3.46. The van der Waals surface area contributed by atoms with E-state index in [0.29, 0.717) is 17.7 Å². The summed E-state index contributed by atoms with van der Waals surface area (Å²) in [4.78, 5) is 43.8. The van der Waals surface area contributed by atoms with Crippen molar-refractivity contribution in [1.29, 1.82) is 0 Å². The maximum atomic E-state index is 16.0. The van der Waals surface area contributed by atoms with Crippen molar-refractivity contribution in [1.82, 2.24) is 19.3 Å². The van der Waals surface area contributed by atoms with Crippen molar-refractivity contribution in [2.45, 2.75) is 33.4 Å². The summed E-state index contributed by atoms with van der Waals surface area (Å²) < 4.78 is 32.8. The number of primary amides is 2.